The molecule has 4 heteroatoms. The van der Waals surface area contributed by atoms with E-state index in [1.807, 2.05) is 0 Å². The van der Waals surface area contributed by atoms with Gasteiger partial charge in [-0.15, -0.1) is 0 Å². The van der Waals surface area contributed by atoms with Crippen LogP contribution in [0.1, 0.15) is 11.4 Å². The van der Waals surface area contributed by atoms with Crippen molar-refractivity contribution < 1.29 is 0 Å². The fourth-order valence-corrected chi connectivity index (χ4v) is 6.79. The molecule has 4 nitrogen and oxygen atoms in total. The van der Waals surface area contributed by atoms with Crippen LogP contribution in [-0.4, -0.2) is 9.97 Å². The molecule has 0 aliphatic carbocycles. The fraction of sp³-hybridized carbons (Fsp3) is 0.0500. The Morgan fingerprint density at radius 3 is 1.23 bits per heavy atom. The summed E-state index contributed by atoms with van der Waals surface area (Å²) in [4.78, 5) is 10.8. The van der Waals surface area contributed by atoms with Gasteiger partial charge in [0.1, 0.15) is 0 Å². The molecule has 0 spiro atoms. The van der Waals surface area contributed by atoms with Crippen molar-refractivity contribution in [3.63, 3.8) is 0 Å². The molecule has 0 atom stereocenters. The van der Waals surface area contributed by atoms with Crippen LogP contribution in [0.25, 0.3) is 65.6 Å². The predicted molar refractivity (Wildman–Crippen MR) is 184 cm³/mol. The molecule has 8 aromatic rings. The molecule has 1 aliphatic rings. The van der Waals surface area contributed by atoms with E-state index in [4.69, 9.17) is 9.97 Å². The first-order valence-electron chi connectivity index (χ1n) is 15.1. The molecular weight excluding hydrogens is 536 g/mol. The maximum Gasteiger partial charge on any atom is 0.0811 e. The Kier molecular flexibility index (Phi) is 5.60. The van der Waals surface area contributed by atoms with E-state index < -0.39 is 0 Å². The second-order valence-corrected chi connectivity index (χ2v) is 11.5. The van der Waals surface area contributed by atoms with Gasteiger partial charge in [-0.05, 0) is 56.6 Å². The quantitative estimate of drug-likeness (QED) is 0.192. The summed E-state index contributed by atoms with van der Waals surface area (Å²) in [6.45, 7) is 1.16. The zero-order valence-corrected chi connectivity index (χ0v) is 24.0. The van der Waals surface area contributed by atoms with E-state index in [0.717, 1.165) is 56.0 Å². The van der Waals surface area contributed by atoms with Crippen LogP contribution in [0.4, 0.5) is 11.4 Å². The van der Waals surface area contributed by atoms with Crippen molar-refractivity contribution in [2.75, 3.05) is 10.6 Å². The van der Waals surface area contributed by atoms with Crippen molar-refractivity contribution in [3.8, 4) is 22.5 Å². The Bertz CT molecular complexity index is 2240. The van der Waals surface area contributed by atoms with E-state index in [2.05, 4.69) is 144 Å². The van der Waals surface area contributed by atoms with Gasteiger partial charge in [0.2, 0.25) is 0 Å². The number of rotatable bonds is 0. The zero-order chi connectivity index (χ0) is 29.0. The van der Waals surface area contributed by atoms with Crippen LogP contribution in [0.5, 0.6) is 0 Å². The van der Waals surface area contributed by atoms with Gasteiger partial charge in [0.25, 0.3) is 0 Å². The predicted octanol–water partition coefficient (Wildman–Crippen LogP) is 9.96. The lowest BCUT2D eigenvalue weighted by atomic mass is 9.95. The standard InChI is InChI=1S/C40H28N4/c1-5-13-31-25(9-1)17-19-35-37(31)39-33-15-7-3-11-27(33)21-29(43-39)24-42-36-20-18-26-10-2-6-14-32(26)38(36)40-34-16-8-4-12-28(34)22-30(44-40)23-41-35/h1-22,41-42H,23-24H2. The minimum absolute atomic E-state index is 0.578. The average Bonchev–Trinajstić information content (AvgIpc) is 3.08. The van der Waals surface area contributed by atoms with Crippen LogP contribution in [0, 0.1) is 0 Å². The van der Waals surface area contributed by atoms with Crippen LogP contribution in [0.15, 0.2) is 133 Å². The molecule has 4 bridgehead atoms. The van der Waals surface area contributed by atoms with E-state index in [-0.39, 0.29) is 0 Å². The van der Waals surface area contributed by atoms with Crippen molar-refractivity contribution in [1.82, 2.24) is 9.97 Å². The van der Waals surface area contributed by atoms with Gasteiger partial charge in [0, 0.05) is 33.3 Å². The normalized spacial score (nSPS) is 12.7. The Morgan fingerprint density at radius 1 is 0.386 bits per heavy atom. The number of hydrogen-bond acceptors (Lipinski definition) is 4. The molecule has 9 rings (SSSR count). The summed E-state index contributed by atoms with van der Waals surface area (Å²) in [6.07, 6.45) is 0. The van der Waals surface area contributed by atoms with Crippen LogP contribution in [0.3, 0.4) is 0 Å². The molecule has 0 saturated heterocycles. The van der Waals surface area contributed by atoms with Gasteiger partial charge in [0.15, 0.2) is 0 Å². The van der Waals surface area contributed by atoms with Gasteiger partial charge in [-0.3, -0.25) is 9.97 Å². The Hall–Kier alpha value is -5.74. The van der Waals surface area contributed by atoms with E-state index in [1.165, 1.54) is 32.3 Å². The number of benzene rings is 6. The lowest BCUT2D eigenvalue weighted by Crippen LogP contribution is -2.09. The van der Waals surface area contributed by atoms with Crippen molar-refractivity contribution >= 4 is 54.5 Å². The van der Waals surface area contributed by atoms with Crippen molar-refractivity contribution in [2.24, 2.45) is 0 Å². The molecule has 2 aromatic heterocycles. The highest BCUT2D eigenvalue weighted by atomic mass is 14.9. The second-order valence-electron chi connectivity index (χ2n) is 11.5. The van der Waals surface area contributed by atoms with Crippen LogP contribution >= 0.6 is 0 Å². The topological polar surface area (TPSA) is 49.8 Å². The molecule has 208 valence electrons. The van der Waals surface area contributed by atoms with Crippen molar-refractivity contribution in [2.45, 2.75) is 13.1 Å². The van der Waals surface area contributed by atoms with Gasteiger partial charge >= 0.3 is 0 Å². The summed E-state index contributed by atoms with van der Waals surface area (Å²) < 4.78 is 0. The minimum Gasteiger partial charge on any atom is -0.379 e. The first-order valence-corrected chi connectivity index (χ1v) is 15.1. The van der Waals surface area contributed by atoms with E-state index in [9.17, 15) is 0 Å². The van der Waals surface area contributed by atoms with Crippen LogP contribution < -0.4 is 10.6 Å². The first-order chi connectivity index (χ1) is 21.8. The lowest BCUT2D eigenvalue weighted by Gasteiger charge is -2.20. The SMILES string of the molecule is c1ccc2c3nc(cc2c1)CNc1ccc2ccccc2c1-c1nc(cc2ccccc12)CNc1ccc2ccccc2c1-3. The molecule has 2 N–H and O–H groups in total. The molecule has 0 fully saturated rings. The molecule has 6 aromatic carbocycles. The number of anilines is 2. The summed E-state index contributed by atoms with van der Waals surface area (Å²) >= 11 is 0. The maximum atomic E-state index is 5.38. The first kappa shape index (κ1) is 24.8. The van der Waals surface area contributed by atoms with Gasteiger partial charge in [-0.2, -0.15) is 0 Å². The monoisotopic (exact) mass is 564 g/mol. The lowest BCUT2D eigenvalue weighted by molar-refractivity contribution is 1.04. The van der Waals surface area contributed by atoms with E-state index in [0.29, 0.717) is 13.1 Å². The van der Waals surface area contributed by atoms with E-state index >= 15 is 0 Å². The summed E-state index contributed by atoms with van der Waals surface area (Å²) in [5, 5.41) is 17.0. The highest BCUT2D eigenvalue weighted by Crippen LogP contribution is 2.41. The summed E-state index contributed by atoms with van der Waals surface area (Å²) in [5.41, 5.74) is 8.28. The Morgan fingerprint density at radius 2 is 0.773 bits per heavy atom. The summed E-state index contributed by atoms with van der Waals surface area (Å²) in [7, 11) is 0. The number of nitrogens with one attached hydrogen (secondary N) is 2. The van der Waals surface area contributed by atoms with Crippen LogP contribution in [-0.2, 0) is 13.1 Å². The molecule has 44 heavy (non-hydrogen) atoms. The fourth-order valence-electron chi connectivity index (χ4n) is 6.79. The van der Waals surface area contributed by atoms with Gasteiger partial charge in [-0.25, -0.2) is 0 Å². The van der Waals surface area contributed by atoms with Gasteiger partial charge in [-0.1, -0.05) is 109 Å². The van der Waals surface area contributed by atoms with E-state index in [1.54, 1.807) is 0 Å². The maximum absolute atomic E-state index is 5.38. The number of hydrogen-bond donors (Lipinski definition) is 2. The Labute approximate surface area is 255 Å². The summed E-state index contributed by atoms with van der Waals surface area (Å²) in [5.74, 6) is 0. The molecular formula is C40H28N4. The Balaban J connectivity index is 1.36. The molecule has 0 unspecified atom stereocenters. The molecule has 0 saturated carbocycles. The molecule has 0 amide bonds. The second kappa shape index (κ2) is 9.92. The van der Waals surface area contributed by atoms with Crippen LogP contribution in [0.2, 0.25) is 0 Å². The number of pyridine rings is 2. The highest BCUT2D eigenvalue weighted by molar-refractivity contribution is 6.10. The molecule has 3 heterocycles. The number of fused-ring (bicyclic) bond motifs is 16. The van der Waals surface area contributed by atoms with Crippen molar-refractivity contribution in [3.05, 3.63) is 145 Å². The average molecular weight is 565 g/mol. The third-order valence-electron chi connectivity index (χ3n) is 8.84. The smallest absolute Gasteiger partial charge is 0.0811 e. The zero-order valence-electron chi connectivity index (χ0n) is 24.0. The van der Waals surface area contributed by atoms with Gasteiger partial charge in [0.05, 0.1) is 35.9 Å². The third-order valence-corrected chi connectivity index (χ3v) is 8.84. The largest absolute Gasteiger partial charge is 0.379 e. The minimum atomic E-state index is 0.578. The molecule has 0 radical (unpaired) electrons. The highest BCUT2D eigenvalue weighted by Gasteiger charge is 2.19. The summed E-state index contributed by atoms with van der Waals surface area (Å²) in [6, 6.07) is 47.5. The molecule has 1 aliphatic heterocycles. The number of aromatic nitrogens is 2. The number of nitrogens with zero attached hydrogens (tertiary/aromatic N) is 2. The van der Waals surface area contributed by atoms with Crippen molar-refractivity contribution in [1.29, 1.82) is 0 Å². The third kappa shape index (κ3) is 3.99. The van der Waals surface area contributed by atoms with Gasteiger partial charge < -0.3 is 10.6 Å².